The predicted molar refractivity (Wildman–Crippen MR) is 118 cm³/mol. The summed E-state index contributed by atoms with van der Waals surface area (Å²) in [6.45, 7) is 5.23. The van der Waals surface area contributed by atoms with Crippen molar-refractivity contribution in [2.75, 3.05) is 5.32 Å². The van der Waals surface area contributed by atoms with E-state index in [-0.39, 0.29) is 34.2 Å². The molecule has 0 unspecified atom stereocenters. The number of ether oxygens (including phenoxy) is 3. The van der Waals surface area contributed by atoms with Gasteiger partial charge in [-0.15, -0.1) is 0 Å². The van der Waals surface area contributed by atoms with Gasteiger partial charge in [0.2, 0.25) is 0 Å². The number of aromatic hydroxyl groups is 2. The first kappa shape index (κ1) is 20.7. The maximum absolute atomic E-state index is 13.2. The monoisotopic (exact) mass is 447 g/mol. The Morgan fingerprint density at radius 2 is 1.55 bits per heavy atom. The van der Waals surface area contributed by atoms with Crippen molar-refractivity contribution < 1.29 is 34.0 Å². The van der Waals surface area contributed by atoms with Crippen molar-refractivity contribution in [3.05, 3.63) is 76.9 Å². The van der Waals surface area contributed by atoms with Gasteiger partial charge in [0.15, 0.2) is 5.60 Å². The minimum Gasteiger partial charge on any atom is -0.508 e. The summed E-state index contributed by atoms with van der Waals surface area (Å²) in [5.41, 5.74) is -0.198. The number of hydrogen-bond donors (Lipinski definition) is 3. The van der Waals surface area contributed by atoms with E-state index in [0.717, 1.165) is 0 Å². The van der Waals surface area contributed by atoms with Gasteiger partial charge in [-0.25, -0.2) is 9.59 Å². The molecule has 2 aliphatic heterocycles. The third-order valence-electron chi connectivity index (χ3n) is 5.44. The van der Waals surface area contributed by atoms with Crippen LogP contribution in [0.1, 0.15) is 47.8 Å². The molecule has 0 saturated carbocycles. The highest BCUT2D eigenvalue weighted by Crippen LogP contribution is 2.57. The summed E-state index contributed by atoms with van der Waals surface area (Å²) in [5, 5.41) is 22.7. The van der Waals surface area contributed by atoms with E-state index in [1.807, 2.05) is 0 Å². The minimum absolute atomic E-state index is 0.0302. The summed E-state index contributed by atoms with van der Waals surface area (Å²) in [6.07, 6.45) is -0.702. The molecule has 0 aromatic heterocycles. The summed E-state index contributed by atoms with van der Waals surface area (Å²) in [4.78, 5) is 25.6. The molecule has 0 atom stereocenters. The number of anilines is 1. The number of carbonyl (C=O) groups is 2. The van der Waals surface area contributed by atoms with E-state index in [1.165, 1.54) is 24.3 Å². The molecule has 33 heavy (non-hydrogen) atoms. The fraction of sp³-hybridized carbons (Fsp3) is 0.200. The molecule has 1 spiro atoms. The molecule has 8 nitrogen and oxygen atoms in total. The van der Waals surface area contributed by atoms with Crippen LogP contribution in [-0.2, 0) is 15.1 Å². The van der Waals surface area contributed by atoms with Crippen LogP contribution in [0.25, 0.3) is 0 Å². The lowest BCUT2D eigenvalue weighted by Crippen LogP contribution is -2.32. The predicted octanol–water partition coefficient (Wildman–Crippen LogP) is 5.01. The average Bonchev–Trinajstić information content (AvgIpc) is 3.00. The Hall–Kier alpha value is -4.20. The molecular weight excluding hydrogens is 426 g/mol. The standard InChI is InChI=1S/C25H21NO7/c1-24(2,3)33-23(30)26-18-6-4-5-17-21(18)22(29)32-25(17)15-9-7-13(27)11-19(15)31-20-12-14(28)8-10-16(20)25/h4-12,27-28H,1-3H3,(H,26,30). The molecule has 0 saturated heterocycles. The van der Waals surface area contributed by atoms with Crippen LogP contribution >= 0.6 is 0 Å². The SMILES string of the molecule is CC(C)(C)OC(=O)Nc1cccc2c1C(=O)OC21c2ccc(O)cc2Oc2cc(O)ccc21. The molecule has 168 valence electrons. The Labute approximate surface area is 189 Å². The van der Waals surface area contributed by atoms with Gasteiger partial charge in [-0.2, -0.15) is 0 Å². The number of phenolic OH excluding ortho intramolecular Hbond substituents is 2. The fourth-order valence-electron chi connectivity index (χ4n) is 4.26. The van der Waals surface area contributed by atoms with Gasteiger partial charge in [0.05, 0.1) is 11.3 Å². The zero-order valence-electron chi connectivity index (χ0n) is 18.1. The van der Waals surface area contributed by atoms with Gasteiger partial charge in [0.1, 0.15) is 28.6 Å². The average molecular weight is 447 g/mol. The van der Waals surface area contributed by atoms with Crippen molar-refractivity contribution in [2.24, 2.45) is 0 Å². The Morgan fingerprint density at radius 3 is 2.12 bits per heavy atom. The van der Waals surface area contributed by atoms with E-state index in [4.69, 9.17) is 14.2 Å². The molecule has 2 heterocycles. The van der Waals surface area contributed by atoms with Crippen LogP contribution in [-0.4, -0.2) is 27.9 Å². The zero-order valence-corrected chi connectivity index (χ0v) is 18.1. The molecule has 0 aliphatic carbocycles. The van der Waals surface area contributed by atoms with Gasteiger partial charge >= 0.3 is 12.1 Å². The van der Waals surface area contributed by atoms with Crippen molar-refractivity contribution in [1.82, 2.24) is 0 Å². The number of rotatable bonds is 1. The molecule has 1 amide bonds. The molecule has 3 aromatic carbocycles. The first-order valence-corrected chi connectivity index (χ1v) is 10.3. The number of hydrogen-bond acceptors (Lipinski definition) is 7. The first-order chi connectivity index (χ1) is 15.6. The molecule has 5 rings (SSSR count). The first-order valence-electron chi connectivity index (χ1n) is 10.3. The quantitative estimate of drug-likeness (QED) is 0.449. The van der Waals surface area contributed by atoms with E-state index < -0.39 is 23.3 Å². The van der Waals surface area contributed by atoms with Gasteiger partial charge in [-0.1, -0.05) is 12.1 Å². The summed E-state index contributed by atoms with van der Waals surface area (Å²) < 4.78 is 17.3. The van der Waals surface area contributed by atoms with E-state index in [2.05, 4.69) is 5.32 Å². The number of nitrogens with one attached hydrogen (secondary N) is 1. The Balaban J connectivity index is 1.72. The third-order valence-corrected chi connectivity index (χ3v) is 5.44. The van der Waals surface area contributed by atoms with Crippen molar-refractivity contribution in [3.63, 3.8) is 0 Å². The number of benzene rings is 3. The van der Waals surface area contributed by atoms with Crippen molar-refractivity contribution in [3.8, 4) is 23.0 Å². The fourth-order valence-corrected chi connectivity index (χ4v) is 4.26. The van der Waals surface area contributed by atoms with Gasteiger partial charge in [-0.05, 0) is 51.1 Å². The van der Waals surface area contributed by atoms with Crippen LogP contribution in [0.4, 0.5) is 10.5 Å². The second-order valence-corrected chi connectivity index (χ2v) is 8.89. The van der Waals surface area contributed by atoms with E-state index >= 15 is 0 Å². The van der Waals surface area contributed by atoms with Gasteiger partial charge < -0.3 is 24.4 Å². The van der Waals surface area contributed by atoms with Gasteiger partial charge in [0, 0.05) is 28.8 Å². The molecule has 3 N–H and O–H groups in total. The van der Waals surface area contributed by atoms with Gasteiger partial charge in [0.25, 0.3) is 0 Å². The molecule has 2 aliphatic rings. The molecule has 0 bridgehead atoms. The zero-order chi connectivity index (χ0) is 23.5. The topological polar surface area (TPSA) is 114 Å². The van der Waals surface area contributed by atoms with Crippen molar-refractivity contribution in [2.45, 2.75) is 32.0 Å². The lowest BCUT2D eigenvalue weighted by Gasteiger charge is -2.36. The lowest BCUT2D eigenvalue weighted by molar-refractivity contribution is 0.0224. The molecule has 3 aromatic rings. The van der Waals surface area contributed by atoms with Crippen molar-refractivity contribution in [1.29, 1.82) is 0 Å². The number of carbonyl (C=O) groups excluding carboxylic acids is 2. The molecule has 0 radical (unpaired) electrons. The number of fused-ring (bicyclic) bond motifs is 6. The summed E-state index contributed by atoms with van der Waals surface area (Å²) in [6, 6.07) is 14.1. The van der Waals surface area contributed by atoms with E-state index in [9.17, 15) is 19.8 Å². The molecule has 0 fully saturated rings. The summed E-state index contributed by atoms with van der Waals surface area (Å²) in [7, 11) is 0. The second kappa shape index (κ2) is 6.90. The Kier molecular flexibility index (Phi) is 4.32. The third kappa shape index (κ3) is 3.22. The smallest absolute Gasteiger partial charge is 0.412 e. The largest absolute Gasteiger partial charge is 0.508 e. The highest BCUT2D eigenvalue weighted by molar-refractivity contribution is 6.05. The normalized spacial score (nSPS) is 15.1. The molecule has 8 heteroatoms. The van der Waals surface area contributed by atoms with Gasteiger partial charge in [-0.3, -0.25) is 5.32 Å². The maximum atomic E-state index is 13.2. The highest BCUT2D eigenvalue weighted by atomic mass is 16.6. The number of esters is 1. The van der Waals surface area contributed by atoms with Crippen LogP contribution in [0.5, 0.6) is 23.0 Å². The van der Waals surface area contributed by atoms with E-state index in [0.29, 0.717) is 16.7 Å². The van der Waals surface area contributed by atoms with Crippen LogP contribution in [0, 0.1) is 0 Å². The van der Waals surface area contributed by atoms with Crippen LogP contribution in [0.3, 0.4) is 0 Å². The lowest BCUT2D eigenvalue weighted by atomic mass is 9.77. The number of phenols is 2. The summed E-state index contributed by atoms with van der Waals surface area (Å²) >= 11 is 0. The number of amides is 1. The second-order valence-electron chi connectivity index (χ2n) is 8.89. The maximum Gasteiger partial charge on any atom is 0.412 e. The van der Waals surface area contributed by atoms with Crippen LogP contribution in [0.2, 0.25) is 0 Å². The summed E-state index contributed by atoms with van der Waals surface area (Å²) in [5.74, 6) is -0.148. The van der Waals surface area contributed by atoms with E-state index in [1.54, 1.807) is 51.1 Å². The minimum atomic E-state index is -1.40. The highest BCUT2D eigenvalue weighted by Gasteiger charge is 2.54. The van der Waals surface area contributed by atoms with Crippen LogP contribution < -0.4 is 10.1 Å². The Morgan fingerprint density at radius 1 is 0.939 bits per heavy atom. The molecular formula is C25H21NO7. The van der Waals surface area contributed by atoms with Crippen molar-refractivity contribution >= 4 is 17.7 Å². The Bertz CT molecular complexity index is 1270. The van der Waals surface area contributed by atoms with Crippen LogP contribution in [0.15, 0.2) is 54.6 Å².